The van der Waals surface area contributed by atoms with Crippen LogP contribution in [0.5, 0.6) is 0 Å². The van der Waals surface area contributed by atoms with Crippen molar-refractivity contribution in [1.82, 2.24) is 9.97 Å². The first-order valence-electron chi connectivity index (χ1n) is 10.2. The second kappa shape index (κ2) is 8.76. The van der Waals surface area contributed by atoms with Gasteiger partial charge < -0.3 is 0 Å². The lowest BCUT2D eigenvalue weighted by atomic mass is 10.0. The van der Waals surface area contributed by atoms with Gasteiger partial charge in [0.05, 0.1) is 23.2 Å². The Morgan fingerprint density at radius 3 is 2.57 bits per heavy atom. The fraction of sp³-hybridized carbons (Fsp3) is 0.240. The first-order valence-corrected chi connectivity index (χ1v) is 11.0. The summed E-state index contributed by atoms with van der Waals surface area (Å²) in [5.74, 6) is 0.0517. The average molecular weight is 416 g/mol. The summed E-state index contributed by atoms with van der Waals surface area (Å²) in [5, 5.41) is 0.748. The van der Waals surface area contributed by atoms with Crippen molar-refractivity contribution in [3.63, 3.8) is 0 Å². The van der Waals surface area contributed by atoms with Crippen LogP contribution in [0.15, 0.2) is 60.9 Å². The predicted molar refractivity (Wildman–Crippen MR) is 124 cm³/mol. The molecule has 0 saturated carbocycles. The van der Waals surface area contributed by atoms with Crippen molar-refractivity contribution in [1.29, 1.82) is 0 Å². The monoisotopic (exact) mass is 415 g/mol. The Labute approximate surface area is 181 Å². The number of hydrogen-bond acceptors (Lipinski definition) is 4. The van der Waals surface area contributed by atoms with Gasteiger partial charge in [-0.15, -0.1) is 0 Å². The standard InChI is InChI=1S/C25H25N3OS/c1-4-20-6-5-7-22-24(20)27-25(30-22)28(16-19-10-12-26-13-11-19)23(29)15-21-9-8-17(2)14-18(21)3/h5-14H,4,15-16H2,1-3H3. The predicted octanol–water partition coefficient (Wildman–Crippen LogP) is 5.65. The van der Waals surface area contributed by atoms with Crippen LogP contribution in [0, 0.1) is 13.8 Å². The Balaban J connectivity index is 1.71. The first-order chi connectivity index (χ1) is 14.5. The first kappa shape index (κ1) is 20.2. The van der Waals surface area contributed by atoms with Crippen LogP contribution in [0.2, 0.25) is 0 Å². The third-order valence-electron chi connectivity index (χ3n) is 5.33. The maximum Gasteiger partial charge on any atom is 0.233 e. The molecular formula is C25H25N3OS. The molecule has 0 aliphatic rings. The van der Waals surface area contributed by atoms with E-state index in [0.717, 1.165) is 38.5 Å². The minimum absolute atomic E-state index is 0.0517. The maximum atomic E-state index is 13.5. The van der Waals surface area contributed by atoms with Gasteiger partial charge in [0.25, 0.3) is 0 Å². The van der Waals surface area contributed by atoms with Crippen molar-refractivity contribution in [3.05, 3.63) is 88.7 Å². The van der Waals surface area contributed by atoms with Crippen LogP contribution in [-0.4, -0.2) is 15.9 Å². The minimum atomic E-state index is 0.0517. The summed E-state index contributed by atoms with van der Waals surface area (Å²) in [6.07, 6.45) is 4.79. The number of rotatable bonds is 6. The highest BCUT2D eigenvalue weighted by Crippen LogP contribution is 2.32. The zero-order chi connectivity index (χ0) is 21.1. The summed E-state index contributed by atoms with van der Waals surface area (Å²) in [6.45, 7) is 6.75. The number of pyridine rings is 1. The highest BCUT2D eigenvalue weighted by atomic mass is 32.1. The molecule has 0 bridgehead atoms. The van der Waals surface area contributed by atoms with Crippen molar-refractivity contribution < 1.29 is 4.79 Å². The van der Waals surface area contributed by atoms with E-state index in [2.05, 4.69) is 62.2 Å². The molecular weight excluding hydrogens is 390 g/mol. The van der Waals surface area contributed by atoms with Gasteiger partial charge in [0.1, 0.15) is 0 Å². The zero-order valence-corrected chi connectivity index (χ0v) is 18.4. The molecule has 0 radical (unpaired) electrons. The number of carbonyl (C=O) groups excluding carboxylic acids is 1. The summed E-state index contributed by atoms with van der Waals surface area (Å²) < 4.78 is 1.11. The van der Waals surface area contributed by atoms with E-state index in [1.165, 1.54) is 11.1 Å². The molecule has 2 aromatic heterocycles. The van der Waals surface area contributed by atoms with Crippen LogP contribution in [0.3, 0.4) is 0 Å². The minimum Gasteiger partial charge on any atom is -0.283 e. The van der Waals surface area contributed by atoms with Gasteiger partial charge >= 0.3 is 0 Å². The molecule has 0 fully saturated rings. The number of anilines is 1. The summed E-state index contributed by atoms with van der Waals surface area (Å²) in [4.78, 5) is 24.3. The van der Waals surface area contributed by atoms with Gasteiger partial charge in [0.2, 0.25) is 5.91 Å². The lowest BCUT2D eigenvalue weighted by molar-refractivity contribution is -0.118. The highest BCUT2D eigenvalue weighted by Gasteiger charge is 2.22. The summed E-state index contributed by atoms with van der Waals surface area (Å²) in [5.41, 5.74) is 6.65. The van der Waals surface area contributed by atoms with Crippen LogP contribution in [0.1, 0.15) is 34.7 Å². The van der Waals surface area contributed by atoms with Gasteiger partial charge in [-0.3, -0.25) is 14.7 Å². The molecule has 5 heteroatoms. The molecule has 4 nitrogen and oxygen atoms in total. The Morgan fingerprint density at radius 1 is 1.03 bits per heavy atom. The molecule has 1 amide bonds. The van der Waals surface area contributed by atoms with Gasteiger partial charge in [-0.05, 0) is 60.7 Å². The number of benzene rings is 2. The van der Waals surface area contributed by atoms with Gasteiger partial charge in [-0.2, -0.15) is 0 Å². The highest BCUT2D eigenvalue weighted by molar-refractivity contribution is 7.22. The van der Waals surface area contributed by atoms with Crippen LogP contribution >= 0.6 is 11.3 Å². The molecule has 2 heterocycles. The van der Waals surface area contributed by atoms with E-state index in [-0.39, 0.29) is 5.91 Å². The van der Waals surface area contributed by atoms with Crippen molar-refractivity contribution >= 4 is 32.6 Å². The number of thiazole rings is 1. The van der Waals surface area contributed by atoms with Crippen molar-refractivity contribution in [2.24, 2.45) is 0 Å². The van der Waals surface area contributed by atoms with Crippen LogP contribution in [0.4, 0.5) is 5.13 Å². The number of fused-ring (bicyclic) bond motifs is 1. The van der Waals surface area contributed by atoms with Crippen molar-refractivity contribution in [2.75, 3.05) is 4.90 Å². The number of aryl methyl sites for hydroxylation is 3. The molecule has 0 atom stereocenters. The molecule has 152 valence electrons. The quantitative estimate of drug-likeness (QED) is 0.409. The van der Waals surface area contributed by atoms with Gasteiger partial charge in [0.15, 0.2) is 5.13 Å². The summed E-state index contributed by atoms with van der Waals surface area (Å²) in [7, 11) is 0. The van der Waals surface area contributed by atoms with E-state index in [9.17, 15) is 4.79 Å². The van der Waals surface area contributed by atoms with Crippen LogP contribution in [0.25, 0.3) is 10.2 Å². The Kier molecular flexibility index (Phi) is 5.91. The fourth-order valence-electron chi connectivity index (χ4n) is 3.63. The lowest BCUT2D eigenvalue weighted by Crippen LogP contribution is -2.32. The lowest BCUT2D eigenvalue weighted by Gasteiger charge is -2.20. The molecule has 0 spiro atoms. The van der Waals surface area contributed by atoms with E-state index >= 15 is 0 Å². The number of nitrogens with zero attached hydrogens (tertiary/aromatic N) is 3. The van der Waals surface area contributed by atoms with E-state index < -0.39 is 0 Å². The molecule has 2 aromatic carbocycles. The van der Waals surface area contributed by atoms with E-state index in [4.69, 9.17) is 4.98 Å². The number of aromatic nitrogens is 2. The molecule has 4 rings (SSSR count). The molecule has 0 unspecified atom stereocenters. The van der Waals surface area contributed by atoms with E-state index in [1.807, 2.05) is 17.0 Å². The Bertz CT molecular complexity index is 1180. The summed E-state index contributed by atoms with van der Waals surface area (Å²) in [6, 6.07) is 16.4. The SMILES string of the molecule is CCc1cccc2sc(N(Cc3ccncc3)C(=O)Cc3ccc(C)cc3C)nc12. The van der Waals surface area contributed by atoms with Crippen LogP contribution < -0.4 is 4.90 Å². The second-order valence-electron chi connectivity index (χ2n) is 7.56. The molecule has 0 aliphatic carbocycles. The Morgan fingerprint density at radius 2 is 1.83 bits per heavy atom. The average Bonchev–Trinajstić information content (AvgIpc) is 3.18. The number of hydrogen-bond donors (Lipinski definition) is 0. The maximum absolute atomic E-state index is 13.5. The number of carbonyl (C=O) groups is 1. The number of para-hydroxylation sites is 1. The second-order valence-corrected chi connectivity index (χ2v) is 8.57. The van der Waals surface area contributed by atoms with Gasteiger partial charge in [-0.25, -0.2) is 4.98 Å². The smallest absolute Gasteiger partial charge is 0.233 e. The van der Waals surface area contributed by atoms with Crippen molar-refractivity contribution in [3.8, 4) is 0 Å². The molecule has 0 saturated heterocycles. The van der Waals surface area contributed by atoms with Crippen molar-refractivity contribution in [2.45, 2.75) is 40.2 Å². The normalized spacial score (nSPS) is 11.0. The van der Waals surface area contributed by atoms with E-state index in [1.54, 1.807) is 23.7 Å². The van der Waals surface area contributed by atoms with Gasteiger partial charge in [0, 0.05) is 12.4 Å². The topological polar surface area (TPSA) is 46.1 Å². The summed E-state index contributed by atoms with van der Waals surface area (Å²) >= 11 is 1.58. The van der Waals surface area contributed by atoms with Gasteiger partial charge in [-0.1, -0.05) is 54.2 Å². The molecule has 0 aliphatic heterocycles. The third-order valence-corrected chi connectivity index (χ3v) is 6.38. The Hall–Kier alpha value is -3.05. The van der Waals surface area contributed by atoms with E-state index in [0.29, 0.717) is 13.0 Å². The number of amides is 1. The zero-order valence-electron chi connectivity index (χ0n) is 17.6. The largest absolute Gasteiger partial charge is 0.283 e. The third kappa shape index (κ3) is 4.26. The molecule has 0 N–H and O–H groups in total. The fourth-order valence-corrected chi connectivity index (χ4v) is 4.66. The van der Waals surface area contributed by atoms with Crippen LogP contribution in [-0.2, 0) is 24.2 Å². The molecule has 30 heavy (non-hydrogen) atoms. The molecule has 4 aromatic rings.